The largest absolute Gasteiger partial charge is 0.352 e. The van der Waals surface area contributed by atoms with Crippen LogP contribution in [0.25, 0.3) is 0 Å². The summed E-state index contributed by atoms with van der Waals surface area (Å²) in [5, 5.41) is 7.02. The quantitative estimate of drug-likeness (QED) is 0.924. The van der Waals surface area contributed by atoms with Gasteiger partial charge in [0.25, 0.3) is 0 Å². The van der Waals surface area contributed by atoms with E-state index >= 15 is 0 Å². The van der Waals surface area contributed by atoms with Crippen molar-refractivity contribution in [1.82, 2.24) is 10.2 Å². The molecule has 19 heavy (non-hydrogen) atoms. The Morgan fingerprint density at radius 1 is 1.53 bits per heavy atom. The molecule has 0 unspecified atom stereocenters. The molecule has 0 spiro atoms. The number of thioether (sulfide) groups is 1. The van der Waals surface area contributed by atoms with Crippen LogP contribution in [0.2, 0.25) is 0 Å². The summed E-state index contributed by atoms with van der Waals surface area (Å²) in [7, 11) is 0. The molecule has 102 valence electrons. The molecular weight excluding hydrogens is 280 g/mol. The van der Waals surface area contributed by atoms with Crippen molar-refractivity contribution in [3.63, 3.8) is 0 Å². The van der Waals surface area contributed by atoms with E-state index in [0.717, 1.165) is 18.4 Å². The van der Waals surface area contributed by atoms with Crippen LogP contribution < -0.4 is 5.32 Å². The van der Waals surface area contributed by atoms with E-state index in [-0.39, 0.29) is 17.2 Å². The van der Waals surface area contributed by atoms with Crippen molar-refractivity contribution in [2.75, 3.05) is 5.75 Å². The number of amides is 2. The molecule has 2 heterocycles. The van der Waals surface area contributed by atoms with Crippen LogP contribution in [0, 0.1) is 0 Å². The highest BCUT2D eigenvalue weighted by atomic mass is 32.2. The van der Waals surface area contributed by atoms with Gasteiger partial charge in [0.2, 0.25) is 11.8 Å². The molecule has 0 bridgehead atoms. The van der Waals surface area contributed by atoms with Crippen molar-refractivity contribution < 1.29 is 9.59 Å². The van der Waals surface area contributed by atoms with Gasteiger partial charge < -0.3 is 10.2 Å². The standard InChI is InChI=1S/C13H16N2O2S2/c1-8(12(17)14-10-2-3-10)15-11(16)7-19-13(15)9-4-5-18-6-9/h4-6,8,10,13H,2-3,7H2,1H3,(H,14,17)/t8-,13+/m1/s1. The Bertz CT molecular complexity index is 485. The van der Waals surface area contributed by atoms with Gasteiger partial charge in [0.1, 0.15) is 11.4 Å². The van der Waals surface area contributed by atoms with Crippen molar-refractivity contribution in [3.05, 3.63) is 22.4 Å². The summed E-state index contributed by atoms with van der Waals surface area (Å²) in [6.07, 6.45) is 2.13. The first kappa shape index (κ1) is 13.0. The molecule has 1 aromatic rings. The zero-order chi connectivity index (χ0) is 13.4. The summed E-state index contributed by atoms with van der Waals surface area (Å²) in [5.74, 6) is 0.486. The lowest BCUT2D eigenvalue weighted by Gasteiger charge is -2.29. The first-order chi connectivity index (χ1) is 9.16. The van der Waals surface area contributed by atoms with E-state index in [1.165, 1.54) is 0 Å². The average Bonchev–Trinajstić information content (AvgIpc) is 2.91. The van der Waals surface area contributed by atoms with E-state index in [0.29, 0.717) is 11.8 Å². The van der Waals surface area contributed by atoms with E-state index in [1.54, 1.807) is 28.0 Å². The lowest BCUT2D eigenvalue weighted by molar-refractivity contribution is -0.137. The van der Waals surface area contributed by atoms with E-state index in [2.05, 4.69) is 10.7 Å². The third-order valence-corrected chi connectivity index (χ3v) is 5.38. The average molecular weight is 296 g/mol. The molecule has 1 aromatic heterocycles. The van der Waals surface area contributed by atoms with Crippen molar-refractivity contribution >= 4 is 34.9 Å². The minimum Gasteiger partial charge on any atom is -0.352 e. The fraction of sp³-hybridized carbons (Fsp3) is 0.538. The summed E-state index contributed by atoms with van der Waals surface area (Å²) in [5.41, 5.74) is 1.12. The Kier molecular flexibility index (Phi) is 3.54. The van der Waals surface area contributed by atoms with Crippen molar-refractivity contribution in [3.8, 4) is 0 Å². The molecule has 1 saturated heterocycles. The maximum Gasteiger partial charge on any atom is 0.242 e. The van der Waals surface area contributed by atoms with Crippen LogP contribution in [0.15, 0.2) is 16.8 Å². The third-order valence-electron chi connectivity index (χ3n) is 3.45. The molecule has 1 aliphatic heterocycles. The summed E-state index contributed by atoms with van der Waals surface area (Å²) in [6.45, 7) is 1.82. The molecule has 0 radical (unpaired) electrons. The SMILES string of the molecule is C[C@H](C(=O)NC1CC1)N1C(=O)CS[C@H]1c1ccsc1. The maximum absolute atomic E-state index is 12.1. The molecule has 4 nitrogen and oxygen atoms in total. The molecule has 1 aliphatic carbocycles. The predicted molar refractivity (Wildman–Crippen MR) is 77.0 cm³/mol. The van der Waals surface area contributed by atoms with Crippen molar-refractivity contribution in [2.45, 2.75) is 37.2 Å². The number of nitrogens with one attached hydrogen (secondary N) is 1. The van der Waals surface area contributed by atoms with Crippen LogP contribution in [0.5, 0.6) is 0 Å². The maximum atomic E-state index is 12.1. The number of carbonyl (C=O) groups is 2. The second-order valence-electron chi connectivity index (χ2n) is 4.98. The second kappa shape index (κ2) is 5.17. The smallest absolute Gasteiger partial charge is 0.242 e. The van der Waals surface area contributed by atoms with Gasteiger partial charge in [0.05, 0.1) is 5.75 Å². The van der Waals surface area contributed by atoms with Gasteiger partial charge in [0.15, 0.2) is 0 Å². The van der Waals surface area contributed by atoms with Gasteiger partial charge in [-0.15, -0.1) is 11.8 Å². The van der Waals surface area contributed by atoms with Crippen LogP contribution in [0.1, 0.15) is 30.7 Å². The highest BCUT2D eigenvalue weighted by Gasteiger charge is 2.39. The van der Waals surface area contributed by atoms with Crippen LogP contribution in [-0.4, -0.2) is 34.6 Å². The number of hydrogen-bond acceptors (Lipinski definition) is 4. The van der Waals surface area contributed by atoms with Gasteiger partial charge in [-0.25, -0.2) is 0 Å². The molecule has 3 rings (SSSR count). The Morgan fingerprint density at radius 3 is 2.95 bits per heavy atom. The number of carbonyl (C=O) groups excluding carboxylic acids is 2. The van der Waals surface area contributed by atoms with Crippen LogP contribution in [-0.2, 0) is 9.59 Å². The molecule has 2 aliphatic rings. The minimum absolute atomic E-state index is 0.0151. The molecule has 2 amide bonds. The van der Waals surface area contributed by atoms with Gasteiger partial charge in [0, 0.05) is 6.04 Å². The molecule has 1 saturated carbocycles. The summed E-state index contributed by atoms with van der Waals surface area (Å²) in [4.78, 5) is 25.9. The third kappa shape index (κ3) is 2.65. The Labute approximate surface area is 120 Å². The van der Waals surface area contributed by atoms with Crippen molar-refractivity contribution in [2.24, 2.45) is 0 Å². The van der Waals surface area contributed by atoms with Crippen LogP contribution >= 0.6 is 23.1 Å². The number of nitrogens with zero attached hydrogens (tertiary/aromatic N) is 1. The Hall–Kier alpha value is -1.01. The predicted octanol–water partition coefficient (Wildman–Crippen LogP) is 1.99. The number of rotatable bonds is 4. The minimum atomic E-state index is -0.395. The van der Waals surface area contributed by atoms with Gasteiger partial charge in [-0.05, 0) is 42.2 Å². The monoisotopic (exact) mass is 296 g/mol. The fourth-order valence-electron chi connectivity index (χ4n) is 2.20. The molecule has 2 atom stereocenters. The lowest BCUT2D eigenvalue weighted by Crippen LogP contribution is -2.47. The molecule has 1 N–H and O–H groups in total. The van der Waals surface area contributed by atoms with Gasteiger partial charge in [-0.2, -0.15) is 11.3 Å². The zero-order valence-corrected chi connectivity index (χ0v) is 12.3. The van der Waals surface area contributed by atoms with E-state index in [4.69, 9.17) is 0 Å². The Morgan fingerprint density at radius 2 is 2.32 bits per heavy atom. The Balaban J connectivity index is 1.75. The second-order valence-corrected chi connectivity index (χ2v) is 6.83. The van der Waals surface area contributed by atoms with Crippen LogP contribution in [0.4, 0.5) is 0 Å². The highest BCUT2D eigenvalue weighted by Crippen LogP contribution is 2.40. The van der Waals surface area contributed by atoms with Crippen molar-refractivity contribution in [1.29, 1.82) is 0 Å². The number of hydrogen-bond donors (Lipinski definition) is 1. The normalized spacial score (nSPS) is 24.6. The fourth-order valence-corrected chi connectivity index (χ4v) is 4.22. The van der Waals surface area contributed by atoms with Crippen LogP contribution in [0.3, 0.4) is 0 Å². The van der Waals surface area contributed by atoms with Gasteiger partial charge >= 0.3 is 0 Å². The van der Waals surface area contributed by atoms with Gasteiger partial charge in [-0.3, -0.25) is 9.59 Å². The summed E-state index contributed by atoms with van der Waals surface area (Å²) < 4.78 is 0. The first-order valence-corrected chi connectivity index (χ1v) is 8.41. The van der Waals surface area contributed by atoms with E-state index < -0.39 is 6.04 Å². The lowest BCUT2D eigenvalue weighted by atomic mass is 10.2. The summed E-state index contributed by atoms with van der Waals surface area (Å²) >= 11 is 3.22. The van der Waals surface area contributed by atoms with E-state index in [1.807, 2.05) is 18.4 Å². The summed E-state index contributed by atoms with van der Waals surface area (Å²) in [6, 6.07) is 1.97. The van der Waals surface area contributed by atoms with E-state index in [9.17, 15) is 9.59 Å². The molecule has 0 aromatic carbocycles. The zero-order valence-electron chi connectivity index (χ0n) is 10.7. The highest BCUT2D eigenvalue weighted by molar-refractivity contribution is 8.00. The molecule has 6 heteroatoms. The molecular formula is C13H16N2O2S2. The van der Waals surface area contributed by atoms with Gasteiger partial charge in [-0.1, -0.05) is 0 Å². The number of thiophene rings is 1. The topological polar surface area (TPSA) is 49.4 Å². The first-order valence-electron chi connectivity index (χ1n) is 6.42. The molecule has 2 fully saturated rings.